The van der Waals surface area contributed by atoms with Crippen molar-refractivity contribution in [1.29, 1.82) is 0 Å². The van der Waals surface area contributed by atoms with Crippen LogP contribution < -0.4 is 12.4 Å². The molecule has 2 saturated heterocycles. The molecular formula is C15H17ClN3O4-. The maximum atomic E-state index is 11.9. The Morgan fingerprint density at radius 1 is 1.26 bits per heavy atom. The van der Waals surface area contributed by atoms with E-state index in [0.29, 0.717) is 12.1 Å². The molecule has 0 spiro atoms. The Labute approximate surface area is 139 Å². The Morgan fingerprint density at radius 3 is 2.35 bits per heavy atom. The molecule has 2 aliphatic rings. The minimum absolute atomic E-state index is 0. The van der Waals surface area contributed by atoms with Crippen LogP contribution in [0.5, 0.6) is 0 Å². The van der Waals surface area contributed by atoms with Crippen LogP contribution >= 0.6 is 0 Å². The number of nitrogens with zero attached hydrogens (tertiary/aromatic N) is 3. The molecule has 0 amide bonds. The fourth-order valence-electron chi connectivity index (χ4n) is 3.16. The largest absolute Gasteiger partial charge is 1.00 e. The first kappa shape index (κ1) is 17.4. The molecule has 2 unspecified atom stereocenters. The molecule has 3 rings (SSSR count). The van der Waals surface area contributed by atoms with Crippen molar-refractivity contribution in [1.82, 2.24) is 4.90 Å². The van der Waals surface area contributed by atoms with E-state index in [4.69, 9.17) is 4.84 Å². The van der Waals surface area contributed by atoms with E-state index in [1.807, 2.05) is 0 Å². The third-order valence-electron chi connectivity index (χ3n) is 4.50. The highest BCUT2D eigenvalue weighted by Gasteiger charge is 2.37. The summed E-state index contributed by atoms with van der Waals surface area (Å²) in [6, 6.07) is 6.29. The molecule has 2 aliphatic heterocycles. The predicted octanol–water partition coefficient (Wildman–Crippen LogP) is -0.632. The van der Waals surface area contributed by atoms with Crippen LogP contribution in [-0.2, 0) is 4.84 Å². The van der Waals surface area contributed by atoms with Gasteiger partial charge in [-0.25, -0.2) is 4.79 Å². The third-order valence-corrected chi connectivity index (χ3v) is 4.50. The minimum Gasteiger partial charge on any atom is -1.00 e. The van der Waals surface area contributed by atoms with Crippen LogP contribution in [0.25, 0.3) is 0 Å². The number of hydrogen-bond acceptors (Lipinski definition) is 6. The van der Waals surface area contributed by atoms with Crippen LogP contribution in [0.2, 0.25) is 0 Å². The molecule has 0 aliphatic carbocycles. The summed E-state index contributed by atoms with van der Waals surface area (Å²) in [4.78, 5) is 29.3. The number of benzene rings is 1. The van der Waals surface area contributed by atoms with Gasteiger partial charge in [0.25, 0.3) is 5.69 Å². The van der Waals surface area contributed by atoms with Gasteiger partial charge in [0.15, 0.2) is 0 Å². The summed E-state index contributed by atoms with van der Waals surface area (Å²) in [5.74, 6) is -0.589. The first-order valence-electron chi connectivity index (χ1n) is 7.28. The Bertz CT molecular complexity index is 616. The zero-order valence-corrected chi connectivity index (χ0v) is 13.4. The predicted molar refractivity (Wildman–Crippen MR) is 79.8 cm³/mol. The first-order chi connectivity index (χ1) is 10.5. The number of hydrogen-bond donors (Lipinski definition) is 0. The average Bonchev–Trinajstić information content (AvgIpc) is 2.75. The van der Waals surface area contributed by atoms with Gasteiger partial charge in [-0.1, -0.05) is 5.16 Å². The molecule has 23 heavy (non-hydrogen) atoms. The maximum absolute atomic E-state index is 11.9. The molecule has 2 atom stereocenters. The Balaban J connectivity index is 0.00000192. The summed E-state index contributed by atoms with van der Waals surface area (Å²) >= 11 is 0. The van der Waals surface area contributed by atoms with Crippen molar-refractivity contribution in [2.75, 3.05) is 7.05 Å². The quantitative estimate of drug-likeness (QED) is 0.416. The summed E-state index contributed by atoms with van der Waals surface area (Å²) in [6.45, 7) is 0. The molecule has 1 aromatic carbocycles. The number of nitro benzene ring substituents is 1. The standard InChI is InChI=1S/C15H17N3O4.ClH/c1-17-13-6-7-14(17)9-11(8-13)16-22-15(19)10-2-4-12(5-3-10)18(20)21;/h2-5,13-14H,6-9H2,1H3;1H/p-1. The summed E-state index contributed by atoms with van der Waals surface area (Å²) in [5.41, 5.74) is 1.11. The second-order valence-electron chi connectivity index (χ2n) is 5.80. The number of carbonyl (C=O) groups is 1. The van der Waals surface area contributed by atoms with E-state index >= 15 is 0 Å². The van der Waals surface area contributed by atoms with Crippen LogP contribution in [0.15, 0.2) is 29.4 Å². The smallest absolute Gasteiger partial charge is 0.365 e. The van der Waals surface area contributed by atoms with Gasteiger partial charge in [-0.15, -0.1) is 0 Å². The van der Waals surface area contributed by atoms with Crippen LogP contribution in [0.4, 0.5) is 5.69 Å². The molecule has 0 N–H and O–H groups in total. The van der Waals surface area contributed by atoms with Gasteiger partial charge in [-0.05, 0) is 32.0 Å². The number of carbonyl (C=O) groups excluding carboxylic acids is 1. The zero-order chi connectivity index (χ0) is 15.7. The number of piperidine rings is 1. The molecule has 0 saturated carbocycles. The van der Waals surface area contributed by atoms with Gasteiger partial charge in [-0.2, -0.15) is 0 Å². The Morgan fingerprint density at radius 2 is 1.83 bits per heavy atom. The first-order valence-corrected chi connectivity index (χ1v) is 7.28. The number of nitro groups is 1. The maximum Gasteiger partial charge on any atom is 0.365 e. The lowest BCUT2D eigenvalue weighted by molar-refractivity contribution is -0.384. The zero-order valence-electron chi connectivity index (χ0n) is 12.6. The second-order valence-corrected chi connectivity index (χ2v) is 5.80. The van der Waals surface area contributed by atoms with Crippen molar-refractivity contribution in [3.8, 4) is 0 Å². The fraction of sp³-hybridized carbons (Fsp3) is 0.467. The molecule has 124 valence electrons. The van der Waals surface area contributed by atoms with Crippen molar-refractivity contribution in [3.05, 3.63) is 39.9 Å². The van der Waals surface area contributed by atoms with Gasteiger partial charge in [0, 0.05) is 37.1 Å². The SMILES string of the molecule is CN1C2CCC1CC(=NOC(=O)c1ccc([N+](=O)[O-])cc1)C2.[Cl-]. The lowest BCUT2D eigenvalue weighted by atomic mass is 10.0. The van der Waals surface area contributed by atoms with Gasteiger partial charge in [0.2, 0.25) is 0 Å². The van der Waals surface area contributed by atoms with Crippen molar-refractivity contribution in [3.63, 3.8) is 0 Å². The van der Waals surface area contributed by atoms with Crippen molar-refractivity contribution in [2.24, 2.45) is 5.16 Å². The highest BCUT2D eigenvalue weighted by atomic mass is 35.5. The number of non-ortho nitro benzene ring substituents is 1. The highest BCUT2D eigenvalue weighted by molar-refractivity contribution is 5.91. The van der Waals surface area contributed by atoms with Crippen molar-refractivity contribution < 1.29 is 27.0 Å². The molecule has 7 nitrogen and oxygen atoms in total. The molecule has 0 aromatic heterocycles. The number of fused-ring (bicyclic) bond motifs is 2. The van der Waals surface area contributed by atoms with Crippen molar-refractivity contribution in [2.45, 2.75) is 37.8 Å². The molecule has 1 aromatic rings. The molecule has 2 heterocycles. The minimum atomic E-state index is -0.589. The normalized spacial score (nSPS) is 23.1. The number of oxime groups is 1. The van der Waals surface area contributed by atoms with E-state index in [0.717, 1.165) is 31.4 Å². The lowest BCUT2D eigenvalue weighted by Gasteiger charge is -2.31. The molecule has 8 heteroatoms. The van der Waals surface area contributed by atoms with Crippen LogP contribution in [0.1, 0.15) is 36.0 Å². The lowest BCUT2D eigenvalue weighted by Crippen LogP contribution is -3.00. The van der Waals surface area contributed by atoms with E-state index in [-0.39, 0.29) is 23.7 Å². The number of halogens is 1. The van der Waals surface area contributed by atoms with Crippen LogP contribution in [-0.4, -0.2) is 40.6 Å². The monoisotopic (exact) mass is 338 g/mol. The van der Waals surface area contributed by atoms with Crippen molar-refractivity contribution >= 4 is 17.4 Å². The van der Waals surface area contributed by atoms with E-state index in [9.17, 15) is 14.9 Å². The Kier molecular flexibility index (Phi) is 5.33. The van der Waals surface area contributed by atoms with Gasteiger partial charge >= 0.3 is 5.97 Å². The van der Waals surface area contributed by atoms with E-state index in [2.05, 4.69) is 17.1 Å². The van der Waals surface area contributed by atoms with Gasteiger partial charge in [0.1, 0.15) is 0 Å². The summed E-state index contributed by atoms with van der Waals surface area (Å²) in [6.07, 6.45) is 3.99. The fourth-order valence-corrected chi connectivity index (χ4v) is 3.16. The van der Waals surface area contributed by atoms with E-state index in [1.54, 1.807) is 0 Å². The molecule has 2 fully saturated rings. The molecule has 2 bridgehead atoms. The van der Waals surface area contributed by atoms with Gasteiger partial charge in [-0.3, -0.25) is 15.0 Å². The highest BCUT2D eigenvalue weighted by Crippen LogP contribution is 2.32. The summed E-state index contributed by atoms with van der Waals surface area (Å²) in [7, 11) is 2.13. The average molecular weight is 339 g/mol. The molecular weight excluding hydrogens is 322 g/mol. The summed E-state index contributed by atoms with van der Waals surface area (Å²) < 4.78 is 0. The second kappa shape index (κ2) is 7.06. The van der Waals surface area contributed by atoms with E-state index < -0.39 is 10.9 Å². The van der Waals surface area contributed by atoms with Crippen LogP contribution in [0, 0.1) is 10.1 Å². The summed E-state index contributed by atoms with van der Waals surface area (Å²) in [5, 5.41) is 14.6. The molecule has 0 radical (unpaired) electrons. The van der Waals surface area contributed by atoms with Crippen LogP contribution in [0.3, 0.4) is 0 Å². The van der Waals surface area contributed by atoms with Gasteiger partial charge < -0.3 is 17.2 Å². The third kappa shape index (κ3) is 3.68. The number of rotatable bonds is 3. The Hall–Kier alpha value is -1.99. The van der Waals surface area contributed by atoms with E-state index in [1.165, 1.54) is 24.3 Å². The van der Waals surface area contributed by atoms with Gasteiger partial charge in [0.05, 0.1) is 16.2 Å². The topological polar surface area (TPSA) is 85.0 Å².